The van der Waals surface area contributed by atoms with Crippen LogP contribution >= 0.6 is 0 Å². The molecule has 0 unspecified atom stereocenters. The van der Waals surface area contributed by atoms with Gasteiger partial charge in [0.1, 0.15) is 5.82 Å². The summed E-state index contributed by atoms with van der Waals surface area (Å²) in [6.45, 7) is 11.7. The van der Waals surface area contributed by atoms with Crippen LogP contribution in [-0.2, 0) is 14.1 Å². The normalized spacial score (nSPS) is 19.5. The fraction of sp³-hybridized carbons (Fsp3) is 0.529. The van der Waals surface area contributed by atoms with Gasteiger partial charge in [-0.25, -0.2) is 4.98 Å². The number of hydrogen-bond donors (Lipinski definition) is 2. The van der Waals surface area contributed by atoms with Crippen LogP contribution in [0.5, 0.6) is 0 Å². The molecule has 7 heteroatoms. The van der Waals surface area contributed by atoms with E-state index in [9.17, 15) is 4.79 Å². The number of anilines is 1. The summed E-state index contributed by atoms with van der Waals surface area (Å²) in [6.07, 6.45) is 1.95. The van der Waals surface area contributed by atoms with Gasteiger partial charge in [0.05, 0.1) is 11.2 Å². The van der Waals surface area contributed by atoms with E-state index in [4.69, 9.17) is 15.0 Å². The Labute approximate surface area is 144 Å². The average molecular weight is 331 g/mol. The van der Waals surface area contributed by atoms with Gasteiger partial charge >= 0.3 is 7.12 Å². The van der Waals surface area contributed by atoms with Gasteiger partial charge < -0.3 is 20.4 Å². The Morgan fingerprint density at radius 1 is 1.29 bits per heavy atom. The molecule has 1 aromatic heterocycles. The van der Waals surface area contributed by atoms with Crippen LogP contribution < -0.4 is 11.1 Å². The molecule has 2 heterocycles. The zero-order valence-electron chi connectivity index (χ0n) is 15.3. The highest BCUT2D eigenvalue weighted by atomic mass is 16.7. The predicted octanol–water partition coefficient (Wildman–Crippen LogP) is 2.32. The molecule has 0 aliphatic carbocycles. The summed E-state index contributed by atoms with van der Waals surface area (Å²) in [5, 5.41) is 2.67. The maximum Gasteiger partial charge on any atom is 0.491 e. The molecule has 6 nitrogen and oxygen atoms in total. The number of hydrogen-bond acceptors (Lipinski definition) is 5. The minimum atomic E-state index is -0.477. The maximum absolute atomic E-state index is 11.1. The van der Waals surface area contributed by atoms with Crippen molar-refractivity contribution in [1.29, 1.82) is 0 Å². The molecule has 0 aromatic carbocycles. The van der Waals surface area contributed by atoms with Crippen molar-refractivity contribution in [3.8, 4) is 0 Å². The van der Waals surface area contributed by atoms with Crippen molar-refractivity contribution < 1.29 is 14.1 Å². The van der Waals surface area contributed by atoms with Gasteiger partial charge in [0, 0.05) is 19.2 Å². The second-order valence-electron chi connectivity index (χ2n) is 7.06. The fourth-order valence-electron chi connectivity index (χ4n) is 2.39. The van der Waals surface area contributed by atoms with Gasteiger partial charge in [-0.15, -0.1) is 0 Å². The fourth-order valence-corrected chi connectivity index (χ4v) is 2.39. The third-order valence-electron chi connectivity index (χ3n) is 4.56. The molecular weight excluding hydrogens is 305 g/mol. The molecule has 1 saturated heterocycles. The Kier molecular flexibility index (Phi) is 5.18. The van der Waals surface area contributed by atoms with Gasteiger partial charge in [-0.05, 0) is 57.8 Å². The number of carbonyl (C=O) groups excluding carboxylic acids is 1. The zero-order chi connectivity index (χ0) is 18.1. The molecule has 0 bridgehead atoms. The van der Waals surface area contributed by atoms with Crippen molar-refractivity contribution in [2.75, 3.05) is 11.9 Å². The third-order valence-corrected chi connectivity index (χ3v) is 4.56. The molecule has 1 aliphatic rings. The van der Waals surface area contributed by atoms with E-state index < -0.39 is 18.3 Å². The van der Waals surface area contributed by atoms with Crippen LogP contribution in [0.1, 0.15) is 45.9 Å². The number of pyridine rings is 1. The number of rotatable bonds is 4. The van der Waals surface area contributed by atoms with E-state index in [1.165, 1.54) is 6.92 Å². The summed E-state index contributed by atoms with van der Waals surface area (Å²) in [4.78, 5) is 15.5. The molecular formula is C17H26BN3O3. The predicted molar refractivity (Wildman–Crippen MR) is 96.4 cm³/mol. The van der Waals surface area contributed by atoms with E-state index in [1.54, 1.807) is 6.07 Å². The van der Waals surface area contributed by atoms with Crippen LogP contribution in [-0.4, -0.2) is 35.8 Å². The first-order valence-electron chi connectivity index (χ1n) is 8.07. The topological polar surface area (TPSA) is 86.5 Å². The van der Waals surface area contributed by atoms with Gasteiger partial charge in [0.15, 0.2) is 0 Å². The van der Waals surface area contributed by atoms with Crippen LogP contribution in [0.15, 0.2) is 17.6 Å². The van der Waals surface area contributed by atoms with Crippen LogP contribution in [0.25, 0.3) is 6.08 Å². The smallest absolute Gasteiger partial charge is 0.400 e. The van der Waals surface area contributed by atoms with Crippen LogP contribution in [0.3, 0.4) is 0 Å². The lowest BCUT2D eigenvalue weighted by atomic mass is 9.77. The second kappa shape index (κ2) is 6.66. The summed E-state index contributed by atoms with van der Waals surface area (Å²) >= 11 is 0. The quantitative estimate of drug-likeness (QED) is 0.827. The van der Waals surface area contributed by atoms with Gasteiger partial charge in [0.2, 0.25) is 5.91 Å². The van der Waals surface area contributed by atoms with E-state index >= 15 is 0 Å². The minimum Gasteiger partial charge on any atom is -0.400 e. The van der Waals surface area contributed by atoms with E-state index in [2.05, 4.69) is 10.3 Å². The first-order chi connectivity index (χ1) is 11.1. The Hall–Kier alpha value is -1.70. The lowest BCUT2D eigenvalue weighted by molar-refractivity contribution is -0.114. The number of nitrogens with two attached hydrogens (primary N) is 1. The van der Waals surface area contributed by atoms with Gasteiger partial charge in [-0.2, -0.15) is 0 Å². The second-order valence-corrected chi connectivity index (χ2v) is 7.06. The monoisotopic (exact) mass is 331 g/mol. The third kappa shape index (κ3) is 3.86. The number of nitrogens with zero attached hydrogens (tertiary/aromatic N) is 1. The molecule has 2 rings (SSSR count). The molecule has 1 fully saturated rings. The summed E-state index contributed by atoms with van der Waals surface area (Å²) in [5.74, 6) is 0.382. The first-order valence-corrected chi connectivity index (χ1v) is 8.07. The van der Waals surface area contributed by atoms with E-state index in [-0.39, 0.29) is 5.91 Å². The van der Waals surface area contributed by atoms with Crippen LogP contribution in [0.2, 0.25) is 0 Å². The molecule has 24 heavy (non-hydrogen) atoms. The SMILES string of the molecule is CC(=O)Nc1ccc(C=C(CN)B2OC(C)(C)C(C)(C)O2)c(C)n1. The average Bonchev–Trinajstić information content (AvgIpc) is 2.65. The summed E-state index contributed by atoms with van der Waals surface area (Å²) in [5.41, 5.74) is 7.66. The Morgan fingerprint density at radius 3 is 2.33 bits per heavy atom. The molecule has 3 N–H and O–H groups in total. The van der Waals surface area contributed by atoms with E-state index in [0.29, 0.717) is 12.4 Å². The number of nitrogens with one attached hydrogen (secondary N) is 1. The molecule has 130 valence electrons. The molecule has 1 aliphatic heterocycles. The van der Waals surface area contributed by atoms with Crippen molar-refractivity contribution in [2.45, 2.75) is 52.7 Å². The number of aryl methyl sites for hydroxylation is 1. The minimum absolute atomic E-state index is 0.148. The summed E-state index contributed by atoms with van der Waals surface area (Å²) in [6, 6.07) is 3.66. The number of amides is 1. The standard InChI is InChI=1S/C17H26BN3O3/c1-11-13(7-8-15(20-11)21-12(2)22)9-14(10-19)18-23-16(3,4)17(5,6)24-18/h7-9H,10,19H2,1-6H3,(H,20,21,22). The van der Waals surface area contributed by atoms with Gasteiger partial charge in [-0.1, -0.05) is 6.08 Å². The van der Waals surface area contributed by atoms with E-state index in [0.717, 1.165) is 16.7 Å². The summed E-state index contributed by atoms with van der Waals surface area (Å²) < 4.78 is 12.1. The Balaban J connectivity index is 2.27. The molecule has 0 spiro atoms. The molecule has 1 amide bonds. The van der Waals surface area contributed by atoms with Gasteiger partial charge in [-0.3, -0.25) is 4.79 Å². The molecule has 1 aromatic rings. The highest BCUT2D eigenvalue weighted by Gasteiger charge is 2.52. The molecule has 0 saturated carbocycles. The largest absolute Gasteiger partial charge is 0.491 e. The summed E-state index contributed by atoms with van der Waals surface area (Å²) in [7, 11) is -0.477. The van der Waals surface area contributed by atoms with Crippen molar-refractivity contribution in [2.24, 2.45) is 5.73 Å². The highest BCUT2D eigenvalue weighted by Crippen LogP contribution is 2.38. The molecule has 0 atom stereocenters. The number of carbonyl (C=O) groups is 1. The lowest BCUT2D eigenvalue weighted by Crippen LogP contribution is -2.41. The Bertz CT molecular complexity index is 655. The van der Waals surface area contributed by atoms with Crippen molar-refractivity contribution in [3.05, 3.63) is 28.9 Å². The number of aromatic nitrogens is 1. The Morgan fingerprint density at radius 2 is 1.88 bits per heavy atom. The van der Waals surface area contributed by atoms with Crippen molar-refractivity contribution in [1.82, 2.24) is 4.98 Å². The maximum atomic E-state index is 11.1. The lowest BCUT2D eigenvalue weighted by Gasteiger charge is -2.32. The van der Waals surface area contributed by atoms with E-state index in [1.807, 2.05) is 46.8 Å². The highest BCUT2D eigenvalue weighted by molar-refractivity contribution is 6.55. The van der Waals surface area contributed by atoms with Crippen LogP contribution in [0, 0.1) is 6.92 Å². The molecule has 0 radical (unpaired) electrons. The van der Waals surface area contributed by atoms with Crippen molar-refractivity contribution in [3.63, 3.8) is 0 Å². The van der Waals surface area contributed by atoms with Crippen molar-refractivity contribution >= 4 is 24.9 Å². The van der Waals surface area contributed by atoms with Gasteiger partial charge in [0.25, 0.3) is 0 Å². The first kappa shape index (κ1) is 18.6. The zero-order valence-corrected chi connectivity index (χ0v) is 15.3. The van der Waals surface area contributed by atoms with Crippen LogP contribution in [0.4, 0.5) is 5.82 Å².